The molecule has 5 nitrogen and oxygen atoms in total. The Bertz CT molecular complexity index is 525. The van der Waals surface area contributed by atoms with Gasteiger partial charge in [0.2, 0.25) is 10.0 Å². The summed E-state index contributed by atoms with van der Waals surface area (Å²) in [5.74, 6) is 0.119. The molecule has 0 saturated carbocycles. The van der Waals surface area contributed by atoms with Crippen LogP contribution >= 0.6 is 0 Å². The Balaban J connectivity index is 1.97. The number of rotatable bonds is 7. The third kappa shape index (κ3) is 4.77. The van der Waals surface area contributed by atoms with Crippen molar-refractivity contribution in [2.24, 2.45) is 0 Å². The molecule has 0 spiro atoms. The maximum Gasteiger partial charge on any atom is 0.234 e. The number of sulfonamides is 1. The molecular formula is C14H22N2O3S. The minimum absolute atomic E-state index is 0.0603. The quantitative estimate of drug-likeness (QED) is 0.704. The molecule has 1 aromatic rings. The molecule has 0 aliphatic carbocycles. The molecule has 1 aliphatic heterocycles. The average molecular weight is 298 g/mol. The van der Waals surface area contributed by atoms with Crippen molar-refractivity contribution in [3.05, 3.63) is 29.8 Å². The Morgan fingerprint density at radius 2 is 2.25 bits per heavy atom. The van der Waals surface area contributed by atoms with Gasteiger partial charge in [-0.3, -0.25) is 4.72 Å². The minimum atomic E-state index is -3.32. The zero-order chi connectivity index (χ0) is 14.4. The zero-order valence-electron chi connectivity index (χ0n) is 11.5. The first-order valence-electron chi connectivity index (χ1n) is 7.03. The fraction of sp³-hybridized carbons (Fsp3) is 0.571. The highest BCUT2D eigenvalue weighted by atomic mass is 32.2. The second-order valence-corrected chi connectivity index (χ2v) is 6.97. The van der Waals surface area contributed by atoms with Gasteiger partial charge >= 0.3 is 0 Å². The summed E-state index contributed by atoms with van der Waals surface area (Å²) in [6.45, 7) is 1.04. The van der Waals surface area contributed by atoms with Crippen molar-refractivity contribution in [1.29, 1.82) is 0 Å². The highest BCUT2D eigenvalue weighted by Crippen LogP contribution is 2.15. The van der Waals surface area contributed by atoms with Gasteiger partial charge in [0.25, 0.3) is 0 Å². The smallest absolute Gasteiger partial charge is 0.234 e. The number of benzene rings is 1. The van der Waals surface area contributed by atoms with E-state index in [0.29, 0.717) is 12.1 Å². The van der Waals surface area contributed by atoms with E-state index < -0.39 is 10.0 Å². The van der Waals surface area contributed by atoms with E-state index in [9.17, 15) is 8.42 Å². The van der Waals surface area contributed by atoms with Gasteiger partial charge < -0.3 is 10.4 Å². The summed E-state index contributed by atoms with van der Waals surface area (Å²) >= 11 is 0. The summed E-state index contributed by atoms with van der Waals surface area (Å²) in [4.78, 5) is 0. The number of hydrogen-bond donors (Lipinski definition) is 3. The summed E-state index contributed by atoms with van der Waals surface area (Å²) in [5, 5.41) is 12.0. The summed E-state index contributed by atoms with van der Waals surface area (Å²) < 4.78 is 26.8. The first-order valence-corrected chi connectivity index (χ1v) is 8.68. The topological polar surface area (TPSA) is 78.4 Å². The SMILES string of the molecule is O=S(=O)(CC1CCCN1)Nc1cccc(CCCO)c1. The van der Waals surface area contributed by atoms with E-state index in [4.69, 9.17) is 5.11 Å². The van der Waals surface area contributed by atoms with Crippen LogP contribution in [-0.4, -0.2) is 38.5 Å². The fourth-order valence-corrected chi connectivity index (χ4v) is 3.84. The highest BCUT2D eigenvalue weighted by molar-refractivity contribution is 7.92. The fourth-order valence-electron chi connectivity index (χ4n) is 2.46. The highest BCUT2D eigenvalue weighted by Gasteiger charge is 2.21. The lowest BCUT2D eigenvalue weighted by Crippen LogP contribution is -2.32. The first kappa shape index (κ1) is 15.3. The summed E-state index contributed by atoms with van der Waals surface area (Å²) in [6.07, 6.45) is 3.38. The van der Waals surface area contributed by atoms with Gasteiger partial charge in [0.15, 0.2) is 0 Å². The first-order chi connectivity index (χ1) is 9.59. The zero-order valence-corrected chi connectivity index (χ0v) is 12.3. The second-order valence-electron chi connectivity index (χ2n) is 5.20. The molecule has 1 unspecified atom stereocenters. The van der Waals surface area contributed by atoms with Crippen LogP contribution in [0.25, 0.3) is 0 Å². The van der Waals surface area contributed by atoms with Crippen LogP contribution in [0, 0.1) is 0 Å². The molecule has 1 aromatic carbocycles. The van der Waals surface area contributed by atoms with Crippen LogP contribution in [0.15, 0.2) is 24.3 Å². The predicted molar refractivity (Wildman–Crippen MR) is 80.3 cm³/mol. The van der Waals surface area contributed by atoms with Crippen LogP contribution in [0.3, 0.4) is 0 Å². The van der Waals surface area contributed by atoms with Gasteiger partial charge in [-0.25, -0.2) is 8.42 Å². The van der Waals surface area contributed by atoms with Crippen LogP contribution < -0.4 is 10.0 Å². The molecular weight excluding hydrogens is 276 g/mol. The van der Waals surface area contributed by atoms with E-state index in [1.165, 1.54) is 0 Å². The normalized spacial score (nSPS) is 19.1. The van der Waals surface area contributed by atoms with Gasteiger partial charge in [-0.15, -0.1) is 0 Å². The van der Waals surface area contributed by atoms with Gasteiger partial charge in [-0.05, 0) is 49.9 Å². The Morgan fingerprint density at radius 3 is 2.95 bits per heavy atom. The molecule has 1 aliphatic rings. The van der Waals surface area contributed by atoms with Crippen LogP contribution in [-0.2, 0) is 16.4 Å². The van der Waals surface area contributed by atoms with Crippen molar-refractivity contribution in [3.8, 4) is 0 Å². The van der Waals surface area contributed by atoms with Gasteiger partial charge in [0.1, 0.15) is 0 Å². The van der Waals surface area contributed by atoms with E-state index >= 15 is 0 Å². The number of anilines is 1. The van der Waals surface area contributed by atoms with Crippen molar-refractivity contribution >= 4 is 15.7 Å². The molecule has 2 rings (SSSR count). The Hall–Kier alpha value is -1.11. The monoisotopic (exact) mass is 298 g/mol. The minimum Gasteiger partial charge on any atom is -0.396 e. The number of aryl methyl sites for hydroxylation is 1. The molecule has 20 heavy (non-hydrogen) atoms. The molecule has 0 radical (unpaired) electrons. The number of aliphatic hydroxyl groups excluding tert-OH is 1. The van der Waals surface area contributed by atoms with Crippen molar-refractivity contribution in [2.75, 3.05) is 23.6 Å². The largest absolute Gasteiger partial charge is 0.396 e. The van der Waals surface area contributed by atoms with E-state index in [2.05, 4.69) is 10.0 Å². The van der Waals surface area contributed by atoms with Crippen LogP contribution in [0.1, 0.15) is 24.8 Å². The lowest BCUT2D eigenvalue weighted by atomic mass is 10.1. The number of hydrogen-bond acceptors (Lipinski definition) is 4. The number of aliphatic hydroxyl groups is 1. The van der Waals surface area contributed by atoms with Crippen molar-refractivity contribution in [1.82, 2.24) is 5.32 Å². The molecule has 0 aromatic heterocycles. The molecule has 1 fully saturated rings. The molecule has 1 heterocycles. The predicted octanol–water partition coefficient (Wildman–Crippen LogP) is 1.11. The maximum absolute atomic E-state index is 12.1. The van der Waals surface area contributed by atoms with E-state index in [0.717, 1.165) is 31.4 Å². The van der Waals surface area contributed by atoms with Gasteiger partial charge in [-0.2, -0.15) is 0 Å². The van der Waals surface area contributed by atoms with Crippen LogP contribution in [0.2, 0.25) is 0 Å². The molecule has 6 heteroatoms. The maximum atomic E-state index is 12.1. The van der Waals surface area contributed by atoms with Crippen LogP contribution in [0.4, 0.5) is 5.69 Å². The average Bonchev–Trinajstić information content (AvgIpc) is 2.88. The van der Waals surface area contributed by atoms with Crippen molar-refractivity contribution in [3.63, 3.8) is 0 Å². The van der Waals surface area contributed by atoms with Crippen molar-refractivity contribution < 1.29 is 13.5 Å². The molecule has 0 amide bonds. The van der Waals surface area contributed by atoms with Crippen molar-refractivity contribution in [2.45, 2.75) is 31.7 Å². The Morgan fingerprint density at radius 1 is 1.40 bits per heavy atom. The molecule has 1 saturated heterocycles. The van der Waals surface area contributed by atoms with E-state index in [1.54, 1.807) is 6.07 Å². The molecule has 0 bridgehead atoms. The van der Waals surface area contributed by atoms with Crippen LogP contribution in [0.5, 0.6) is 0 Å². The molecule has 3 N–H and O–H groups in total. The standard InChI is InChI=1S/C14H22N2O3S/c17-9-3-5-12-4-1-6-13(10-12)16-20(18,19)11-14-7-2-8-15-14/h1,4,6,10,14-17H,2-3,5,7-9,11H2. The van der Waals surface area contributed by atoms with E-state index in [1.807, 2.05) is 18.2 Å². The Labute approximate surface area is 120 Å². The lowest BCUT2D eigenvalue weighted by Gasteiger charge is -2.13. The Kier molecular flexibility index (Phi) is 5.39. The third-order valence-corrected chi connectivity index (χ3v) is 4.79. The lowest BCUT2D eigenvalue weighted by molar-refractivity contribution is 0.288. The molecule has 112 valence electrons. The second kappa shape index (κ2) is 7.06. The summed E-state index contributed by atoms with van der Waals surface area (Å²) in [5.41, 5.74) is 1.62. The summed E-state index contributed by atoms with van der Waals surface area (Å²) in [7, 11) is -3.32. The summed E-state index contributed by atoms with van der Waals surface area (Å²) in [6, 6.07) is 7.41. The van der Waals surface area contributed by atoms with Gasteiger partial charge in [0.05, 0.1) is 5.75 Å². The third-order valence-electron chi connectivity index (χ3n) is 3.41. The number of nitrogens with one attached hydrogen (secondary N) is 2. The van der Waals surface area contributed by atoms with E-state index in [-0.39, 0.29) is 18.4 Å². The van der Waals surface area contributed by atoms with Gasteiger partial charge in [-0.1, -0.05) is 12.1 Å². The molecule has 1 atom stereocenters. The van der Waals surface area contributed by atoms with Gasteiger partial charge in [0, 0.05) is 18.3 Å².